The lowest BCUT2D eigenvalue weighted by atomic mass is 10.0. The second kappa shape index (κ2) is 6.71. The topological polar surface area (TPSA) is 29.9 Å². The fraction of sp³-hybridized carbons (Fsp3) is 0.471. The van der Waals surface area contributed by atoms with Crippen molar-refractivity contribution in [1.82, 2.24) is 15.1 Å². The first-order valence-corrected chi connectivity index (χ1v) is 7.47. The molecule has 0 bridgehead atoms. The predicted molar refractivity (Wildman–Crippen MR) is 84.8 cm³/mol. The van der Waals surface area contributed by atoms with Gasteiger partial charge in [-0.2, -0.15) is 5.10 Å². The molecule has 2 rings (SSSR count). The van der Waals surface area contributed by atoms with Gasteiger partial charge in [-0.1, -0.05) is 25.1 Å². The molecule has 0 saturated heterocycles. The summed E-state index contributed by atoms with van der Waals surface area (Å²) < 4.78 is 2.03. The molecule has 108 valence electrons. The Morgan fingerprint density at radius 3 is 2.75 bits per heavy atom. The summed E-state index contributed by atoms with van der Waals surface area (Å²) >= 11 is 0. The fourth-order valence-corrected chi connectivity index (χ4v) is 2.29. The van der Waals surface area contributed by atoms with Gasteiger partial charge >= 0.3 is 0 Å². The van der Waals surface area contributed by atoms with E-state index in [1.54, 1.807) is 0 Å². The lowest BCUT2D eigenvalue weighted by Gasteiger charge is -2.06. The van der Waals surface area contributed by atoms with E-state index in [1.807, 2.05) is 4.68 Å². The minimum atomic E-state index is 0.400. The van der Waals surface area contributed by atoms with Crippen molar-refractivity contribution in [2.45, 2.75) is 46.7 Å². The van der Waals surface area contributed by atoms with Gasteiger partial charge in [0, 0.05) is 24.3 Å². The molecule has 3 heteroatoms. The predicted octanol–water partition coefficient (Wildman–Crippen LogP) is 3.94. The number of hydrogen-bond acceptors (Lipinski definition) is 2. The van der Waals surface area contributed by atoms with Crippen molar-refractivity contribution in [3.05, 3.63) is 41.7 Å². The third-order valence-electron chi connectivity index (χ3n) is 3.44. The van der Waals surface area contributed by atoms with Crippen molar-refractivity contribution in [3.8, 4) is 11.1 Å². The number of aromatic nitrogens is 2. The molecule has 1 aromatic heterocycles. The van der Waals surface area contributed by atoms with Gasteiger partial charge in [-0.15, -0.1) is 0 Å². The van der Waals surface area contributed by atoms with Gasteiger partial charge in [0.05, 0.1) is 5.69 Å². The van der Waals surface area contributed by atoms with Crippen LogP contribution in [-0.2, 0) is 6.54 Å². The smallest absolute Gasteiger partial charge is 0.0672 e. The van der Waals surface area contributed by atoms with Gasteiger partial charge in [-0.25, -0.2) is 0 Å². The monoisotopic (exact) mass is 271 g/mol. The second-order valence-electron chi connectivity index (χ2n) is 5.58. The molecule has 2 aromatic rings. The molecule has 1 N–H and O–H groups in total. The van der Waals surface area contributed by atoms with Gasteiger partial charge in [0.15, 0.2) is 0 Å². The summed E-state index contributed by atoms with van der Waals surface area (Å²) in [6.07, 6.45) is 3.32. The van der Waals surface area contributed by atoms with Crippen molar-refractivity contribution < 1.29 is 0 Å². The lowest BCUT2D eigenvalue weighted by Crippen LogP contribution is -2.13. The summed E-state index contributed by atoms with van der Waals surface area (Å²) in [5.74, 6) is 0. The number of rotatable bonds is 6. The van der Waals surface area contributed by atoms with E-state index in [1.165, 1.54) is 23.1 Å². The Kier molecular flexibility index (Phi) is 4.96. The Labute approximate surface area is 122 Å². The Hall–Kier alpha value is -1.61. The first-order chi connectivity index (χ1) is 9.61. The quantitative estimate of drug-likeness (QED) is 0.806. The summed E-state index contributed by atoms with van der Waals surface area (Å²) in [6, 6.07) is 9.13. The minimum absolute atomic E-state index is 0.400. The van der Waals surface area contributed by atoms with Crippen molar-refractivity contribution in [2.24, 2.45) is 0 Å². The van der Waals surface area contributed by atoms with E-state index < -0.39 is 0 Å². The first kappa shape index (κ1) is 14.8. The first-order valence-electron chi connectivity index (χ1n) is 7.47. The van der Waals surface area contributed by atoms with Crippen LogP contribution in [0.1, 0.15) is 44.5 Å². The van der Waals surface area contributed by atoms with E-state index in [0.29, 0.717) is 6.04 Å². The van der Waals surface area contributed by atoms with E-state index in [2.05, 4.69) is 68.6 Å². The zero-order valence-corrected chi connectivity index (χ0v) is 13.0. The molecule has 0 spiro atoms. The highest BCUT2D eigenvalue weighted by Gasteiger charge is 2.09. The molecule has 0 aliphatic rings. The van der Waals surface area contributed by atoms with E-state index in [9.17, 15) is 0 Å². The van der Waals surface area contributed by atoms with Crippen LogP contribution in [0.15, 0.2) is 30.5 Å². The lowest BCUT2D eigenvalue weighted by molar-refractivity contribution is 0.529. The van der Waals surface area contributed by atoms with Crippen LogP contribution < -0.4 is 5.32 Å². The molecule has 3 nitrogen and oxygen atoms in total. The molecule has 0 aliphatic heterocycles. The van der Waals surface area contributed by atoms with E-state index in [4.69, 9.17) is 0 Å². The van der Waals surface area contributed by atoms with Gasteiger partial charge in [0.1, 0.15) is 0 Å². The highest BCUT2D eigenvalue weighted by atomic mass is 15.3. The summed E-state index contributed by atoms with van der Waals surface area (Å²) in [7, 11) is 0. The molecule has 0 saturated carbocycles. The molecule has 0 aliphatic carbocycles. The van der Waals surface area contributed by atoms with Crippen LogP contribution in [0, 0.1) is 6.92 Å². The molecule has 0 unspecified atom stereocenters. The van der Waals surface area contributed by atoms with Crippen molar-refractivity contribution in [2.75, 3.05) is 6.54 Å². The Balaban J connectivity index is 2.22. The molecule has 0 amide bonds. The summed E-state index contributed by atoms with van der Waals surface area (Å²) in [4.78, 5) is 0. The Morgan fingerprint density at radius 2 is 2.10 bits per heavy atom. The van der Waals surface area contributed by atoms with Crippen LogP contribution in [0.2, 0.25) is 0 Å². The molecule has 20 heavy (non-hydrogen) atoms. The molecular weight excluding hydrogens is 246 g/mol. The van der Waals surface area contributed by atoms with Gasteiger partial charge in [-0.3, -0.25) is 4.68 Å². The molecule has 0 radical (unpaired) electrons. The third kappa shape index (κ3) is 3.48. The molecule has 1 heterocycles. The average molecular weight is 271 g/mol. The minimum Gasteiger partial charge on any atom is -0.313 e. The average Bonchev–Trinajstić information content (AvgIpc) is 2.82. The van der Waals surface area contributed by atoms with Gasteiger partial charge in [0.2, 0.25) is 0 Å². The van der Waals surface area contributed by atoms with Crippen molar-refractivity contribution in [3.63, 3.8) is 0 Å². The SMILES string of the molecule is CCCNCc1cccc(-c2cn(C(C)C)nc2C)c1. The number of benzene rings is 1. The number of nitrogens with zero attached hydrogens (tertiary/aromatic N) is 2. The summed E-state index contributed by atoms with van der Waals surface area (Å²) in [6.45, 7) is 10.6. The van der Waals surface area contributed by atoms with Crippen molar-refractivity contribution in [1.29, 1.82) is 0 Å². The van der Waals surface area contributed by atoms with Crippen LogP contribution in [0.4, 0.5) is 0 Å². The molecule has 0 fully saturated rings. The maximum absolute atomic E-state index is 4.59. The van der Waals surface area contributed by atoms with E-state index in [-0.39, 0.29) is 0 Å². The third-order valence-corrected chi connectivity index (χ3v) is 3.44. The Morgan fingerprint density at radius 1 is 1.30 bits per heavy atom. The van der Waals surface area contributed by atoms with Gasteiger partial charge in [-0.05, 0) is 50.9 Å². The molecular formula is C17H25N3. The highest BCUT2D eigenvalue weighted by molar-refractivity contribution is 5.65. The standard InChI is InChI=1S/C17H25N3/c1-5-9-18-11-15-7-6-8-16(10-15)17-12-20(13(2)3)19-14(17)4/h6-8,10,12-13,18H,5,9,11H2,1-4H3. The largest absolute Gasteiger partial charge is 0.313 e. The highest BCUT2D eigenvalue weighted by Crippen LogP contribution is 2.24. The number of nitrogens with one attached hydrogen (secondary N) is 1. The van der Waals surface area contributed by atoms with Gasteiger partial charge in [0.25, 0.3) is 0 Å². The second-order valence-corrected chi connectivity index (χ2v) is 5.58. The summed E-state index contributed by atoms with van der Waals surface area (Å²) in [5.41, 5.74) is 4.91. The zero-order chi connectivity index (χ0) is 14.5. The van der Waals surface area contributed by atoms with E-state index in [0.717, 1.165) is 18.8 Å². The van der Waals surface area contributed by atoms with Crippen LogP contribution >= 0.6 is 0 Å². The van der Waals surface area contributed by atoms with Gasteiger partial charge < -0.3 is 5.32 Å². The van der Waals surface area contributed by atoms with Crippen LogP contribution in [-0.4, -0.2) is 16.3 Å². The normalized spacial score (nSPS) is 11.2. The molecule has 1 aromatic carbocycles. The maximum Gasteiger partial charge on any atom is 0.0672 e. The van der Waals surface area contributed by atoms with Crippen molar-refractivity contribution >= 4 is 0 Å². The van der Waals surface area contributed by atoms with Crippen LogP contribution in [0.3, 0.4) is 0 Å². The fourth-order valence-electron chi connectivity index (χ4n) is 2.29. The van der Waals surface area contributed by atoms with Crippen LogP contribution in [0.5, 0.6) is 0 Å². The van der Waals surface area contributed by atoms with Crippen LogP contribution in [0.25, 0.3) is 11.1 Å². The zero-order valence-electron chi connectivity index (χ0n) is 13.0. The Bertz CT molecular complexity index is 555. The van der Waals surface area contributed by atoms with E-state index >= 15 is 0 Å². The maximum atomic E-state index is 4.59. The molecule has 0 atom stereocenters. The summed E-state index contributed by atoms with van der Waals surface area (Å²) in [5, 5.41) is 8.04. The number of aryl methyl sites for hydroxylation is 1. The number of hydrogen-bond donors (Lipinski definition) is 1.